The summed E-state index contributed by atoms with van der Waals surface area (Å²) in [4.78, 5) is 36.5. The van der Waals surface area contributed by atoms with Crippen molar-refractivity contribution in [1.29, 1.82) is 0 Å². The van der Waals surface area contributed by atoms with Crippen molar-refractivity contribution >= 4 is 402 Å². The van der Waals surface area contributed by atoms with Crippen LogP contribution in [0.2, 0.25) is 5.02 Å². The van der Waals surface area contributed by atoms with Gasteiger partial charge in [0.05, 0.1) is 18.1 Å². The summed E-state index contributed by atoms with van der Waals surface area (Å²) in [5.74, 6) is 0.557. The average Bonchev–Trinajstić information content (AvgIpc) is 3.22. The molecule has 0 aliphatic carbocycles. The van der Waals surface area contributed by atoms with Crippen LogP contribution >= 0.6 is 384 Å². The predicted octanol–water partition coefficient (Wildman–Crippen LogP) is 21.4. The third-order valence-corrected chi connectivity index (χ3v) is 5.23. The first-order valence-electron chi connectivity index (χ1n) is 10.8. The summed E-state index contributed by atoms with van der Waals surface area (Å²) < 4.78 is 0. The summed E-state index contributed by atoms with van der Waals surface area (Å²) in [6.07, 6.45) is 5.20. The van der Waals surface area contributed by atoms with E-state index in [1.807, 2.05) is 30.0 Å². The summed E-state index contributed by atoms with van der Waals surface area (Å²) in [7, 11) is 1.77. The van der Waals surface area contributed by atoms with E-state index in [1.54, 1.807) is 24.2 Å². The molecule has 0 bridgehead atoms. The number of likely N-dealkylation sites (tertiary alicyclic amines) is 1. The zero-order valence-corrected chi connectivity index (χ0v) is 67.5. The third kappa shape index (κ3) is 45.9. The smallest absolute Gasteiger partial charge is 0.323 e. The lowest BCUT2D eigenvalue weighted by atomic mass is 10.0. The van der Waals surface area contributed by atoms with Gasteiger partial charge in [0.1, 0.15) is 0 Å². The highest BCUT2D eigenvalue weighted by Gasteiger charge is 2.27. The van der Waals surface area contributed by atoms with Crippen LogP contribution in [0.3, 0.4) is 0 Å². The van der Waals surface area contributed by atoms with Gasteiger partial charge in [-0.3, -0.25) is 15.1 Å². The van der Waals surface area contributed by atoms with Crippen molar-refractivity contribution in [2.24, 2.45) is 0 Å². The van der Waals surface area contributed by atoms with Crippen LogP contribution in [0.1, 0.15) is 26.2 Å². The fraction of sp³-hybridized carbons (Fsp3) is 0.400. The minimum absolute atomic E-state index is 0.0969. The zero-order valence-electron chi connectivity index (χ0n) is 23.6. The molecule has 1 aromatic carbocycles. The number of hydrogen-bond acceptors (Lipinski definition) is 4. The molecule has 0 unspecified atom stereocenters. The topological polar surface area (TPSA) is 78.4 Å². The number of urea groups is 1. The Morgan fingerprint density at radius 1 is 0.771 bits per heavy atom. The Balaban J connectivity index is -0.000000114. The van der Waals surface area contributed by atoms with Gasteiger partial charge in [0.15, 0.2) is 5.82 Å². The van der Waals surface area contributed by atoms with E-state index < -0.39 is 0 Å². The highest BCUT2D eigenvalue weighted by Crippen LogP contribution is 2.21. The van der Waals surface area contributed by atoms with Crippen LogP contribution in [0.25, 0.3) is 11.3 Å². The fourth-order valence-electron chi connectivity index (χ4n) is 3.28. The van der Waals surface area contributed by atoms with Crippen LogP contribution in [0.4, 0.5) is 10.6 Å². The van der Waals surface area contributed by atoms with E-state index in [1.165, 1.54) is 6.20 Å². The first kappa shape index (κ1) is 77.2. The number of rotatable bonds is 4. The van der Waals surface area contributed by atoms with Gasteiger partial charge in [-0.2, -0.15) is 0 Å². The molecule has 0 spiro atoms. The van der Waals surface area contributed by atoms with E-state index in [4.69, 9.17) is 11.6 Å². The van der Waals surface area contributed by atoms with Gasteiger partial charge in [0, 0.05) is 416 Å². The number of halogens is 21. The summed E-state index contributed by atoms with van der Waals surface area (Å²) in [6, 6.07) is 7.23. The van der Waals surface area contributed by atoms with Gasteiger partial charge in [-0.15, -0.1) is 0 Å². The molecule has 7 nitrogen and oxygen atoms in total. The molecule has 1 aliphatic rings. The molecule has 1 saturated heterocycles. The van der Waals surface area contributed by atoms with Crippen LogP contribution in [0.15, 0.2) is 36.7 Å². The van der Waals surface area contributed by atoms with Crippen LogP contribution in [-0.4, -0.2) is 57.9 Å². The van der Waals surface area contributed by atoms with Crippen molar-refractivity contribution in [3.63, 3.8) is 0 Å². The number of carbonyl (C=O) groups excluding carboxylic acids is 2. The van der Waals surface area contributed by atoms with Crippen molar-refractivity contribution in [3.8, 4) is 11.3 Å². The number of anilines is 1. The molecule has 2 heterocycles. The largest absolute Gasteiger partial charge is 0.343 e. The van der Waals surface area contributed by atoms with E-state index in [0.29, 0.717) is 36.0 Å². The van der Waals surface area contributed by atoms with Gasteiger partial charge in [0.2, 0.25) is 5.91 Å². The maximum absolute atomic E-state index is 12.5. The normalized spacial score (nSPS) is 9.77. The summed E-state index contributed by atoms with van der Waals surface area (Å²) >= 11 is 48.4. The Morgan fingerprint density at radius 3 is 1.56 bits per heavy atom. The summed E-state index contributed by atoms with van der Waals surface area (Å²) in [5.41, 5.74) is 1.55. The molecule has 288 valence electrons. The first-order chi connectivity index (χ1) is 23.5. The molecule has 28 heteroatoms. The van der Waals surface area contributed by atoms with Crippen molar-refractivity contribution in [2.45, 2.75) is 32.2 Å². The van der Waals surface area contributed by atoms with E-state index in [9.17, 15) is 9.59 Å². The Hall–Kier alpha value is 11.9. The molecular weight excluding hydrogens is 2920 g/mol. The molecule has 3 amide bonds. The van der Waals surface area contributed by atoms with Gasteiger partial charge < -0.3 is 9.80 Å². The van der Waals surface area contributed by atoms with Crippen molar-refractivity contribution in [2.75, 3.05) is 25.5 Å². The van der Waals surface area contributed by atoms with E-state index in [0.717, 1.165) is 18.4 Å². The quantitative estimate of drug-likeness (QED) is 0.310. The second-order valence-electron chi connectivity index (χ2n) is 6.80. The van der Waals surface area contributed by atoms with Gasteiger partial charge in [-0.1, -0.05) is 30.7 Å². The zero-order chi connectivity index (χ0) is 40.1. The monoisotopic (exact) mass is 2940 g/mol. The maximum Gasteiger partial charge on any atom is 0.323 e. The molecule has 3 rings (SSSR count). The highest BCUT2D eigenvalue weighted by atomic mass is 128. The van der Waals surface area contributed by atoms with E-state index in [-0.39, 0.29) is 18.0 Å². The van der Waals surface area contributed by atoms with Gasteiger partial charge in [0.25, 0.3) is 0 Å². The Kier molecular flexibility index (Phi) is 113. The molecule has 1 N–H and O–H groups in total. The SMILES string of the molecule is CCC(=O)N1CCC(N(C)C(=O)Nc2cnc(-c3cccc(Cl)c3)cn2)CC1.II.II.II.II.II.II.II.II.II.II. The molecule has 0 atom stereocenters. The molecule has 0 radical (unpaired) electrons. The minimum Gasteiger partial charge on any atom is -0.343 e. The van der Waals surface area contributed by atoms with E-state index >= 15 is 0 Å². The average molecular weight is 2940 g/mol. The highest BCUT2D eigenvalue weighted by molar-refractivity contribution is 15.0. The predicted molar refractivity (Wildman–Crippen MR) is 390 cm³/mol. The van der Waals surface area contributed by atoms with Gasteiger partial charge >= 0.3 is 6.03 Å². The number of amides is 3. The summed E-state index contributed by atoms with van der Waals surface area (Å²) in [5, 5.41) is 3.41. The second kappa shape index (κ2) is 70.6. The molecule has 1 aliphatic heterocycles. The fourth-order valence-corrected chi connectivity index (χ4v) is 3.47. The van der Waals surface area contributed by atoms with Crippen molar-refractivity contribution in [3.05, 3.63) is 41.7 Å². The van der Waals surface area contributed by atoms with Crippen LogP contribution < -0.4 is 5.32 Å². The van der Waals surface area contributed by atoms with Crippen molar-refractivity contribution < 1.29 is 9.59 Å². The van der Waals surface area contributed by atoms with Gasteiger partial charge in [-0.05, 0) is 25.0 Å². The lowest BCUT2D eigenvalue weighted by molar-refractivity contribution is -0.132. The standard InChI is InChI=1S/C20H24ClN5O2.10I2/c1-3-19(27)26-9-7-16(8-10-26)25(2)20(28)24-18-13-22-17(12-23-18)14-5-4-6-15(21)11-14;10*1-2/h4-6,11-13,16H,3,7-10H2,1-2H3,(H,23,24,28);;;;;;;;;;. The Labute approximate surface area is 525 Å². The number of piperidine rings is 1. The lowest BCUT2D eigenvalue weighted by Crippen LogP contribution is -2.48. The molecular formula is C20H24ClI20N5O2. The van der Waals surface area contributed by atoms with Crippen LogP contribution in [0, 0.1) is 0 Å². The number of benzene rings is 1. The number of hydrogen-bond donors (Lipinski definition) is 1. The number of aromatic nitrogens is 2. The lowest BCUT2D eigenvalue weighted by Gasteiger charge is -2.36. The third-order valence-electron chi connectivity index (χ3n) is 4.99. The number of carbonyl (C=O) groups is 2. The molecule has 48 heavy (non-hydrogen) atoms. The van der Waals surface area contributed by atoms with Crippen LogP contribution in [-0.2, 0) is 4.79 Å². The molecule has 1 aromatic heterocycles. The maximum atomic E-state index is 12.5. The molecule has 0 saturated carbocycles. The minimum atomic E-state index is -0.231. The van der Waals surface area contributed by atoms with E-state index in [2.05, 4.69) is 388 Å². The molecule has 1 fully saturated rings. The Bertz CT molecular complexity index is 882. The number of nitrogens with one attached hydrogen (secondary N) is 1. The summed E-state index contributed by atoms with van der Waals surface area (Å²) in [6.45, 7) is 3.24. The van der Waals surface area contributed by atoms with Crippen LogP contribution in [0.5, 0.6) is 0 Å². The first-order valence-corrected chi connectivity index (χ1v) is 74.0. The Morgan fingerprint density at radius 2 is 1.21 bits per heavy atom. The van der Waals surface area contributed by atoms with Gasteiger partial charge in [-0.25, -0.2) is 9.78 Å². The molecule has 2 aromatic rings. The number of nitrogens with zero attached hydrogens (tertiary/aromatic N) is 4. The second-order valence-corrected chi connectivity index (χ2v) is 7.24. The van der Waals surface area contributed by atoms with Crippen molar-refractivity contribution in [1.82, 2.24) is 19.8 Å².